The lowest BCUT2D eigenvalue weighted by atomic mass is 10.1. The summed E-state index contributed by atoms with van der Waals surface area (Å²) in [6.45, 7) is 1.74. The number of anilines is 1. The van der Waals surface area contributed by atoms with E-state index in [1.54, 1.807) is 37.3 Å². The van der Waals surface area contributed by atoms with Gasteiger partial charge in [0, 0.05) is 5.69 Å². The summed E-state index contributed by atoms with van der Waals surface area (Å²) in [6, 6.07) is 13.2. The van der Waals surface area contributed by atoms with Crippen molar-refractivity contribution in [3.05, 3.63) is 54.1 Å². The highest BCUT2D eigenvalue weighted by atomic mass is 16.6. The first kappa shape index (κ1) is 14.9. The van der Waals surface area contributed by atoms with Gasteiger partial charge in [-0.3, -0.25) is 4.79 Å². The monoisotopic (exact) mass is 313 g/mol. The molecule has 0 aromatic heterocycles. The van der Waals surface area contributed by atoms with E-state index in [4.69, 9.17) is 14.6 Å². The Morgan fingerprint density at radius 1 is 1.04 bits per heavy atom. The molecule has 1 heterocycles. The van der Waals surface area contributed by atoms with Gasteiger partial charge in [0.1, 0.15) is 6.10 Å². The summed E-state index contributed by atoms with van der Waals surface area (Å²) in [5.74, 6) is -0.350. The smallest absolute Gasteiger partial charge is 0.335 e. The van der Waals surface area contributed by atoms with Crippen LogP contribution in [0.5, 0.6) is 11.5 Å². The molecule has 2 aromatic rings. The van der Waals surface area contributed by atoms with E-state index in [1.165, 1.54) is 12.1 Å². The number of nitrogens with one attached hydrogen (secondary N) is 1. The van der Waals surface area contributed by atoms with Crippen molar-refractivity contribution in [2.75, 3.05) is 5.32 Å². The van der Waals surface area contributed by atoms with Gasteiger partial charge < -0.3 is 19.9 Å². The van der Waals surface area contributed by atoms with Crippen LogP contribution >= 0.6 is 0 Å². The third-order valence-corrected chi connectivity index (χ3v) is 3.48. The lowest BCUT2D eigenvalue weighted by Gasteiger charge is -2.31. The molecule has 1 amide bonds. The molecule has 0 unspecified atom stereocenters. The van der Waals surface area contributed by atoms with Gasteiger partial charge in [0.15, 0.2) is 11.5 Å². The summed E-state index contributed by atoms with van der Waals surface area (Å²) in [6.07, 6.45) is -1.29. The van der Waals surface area contributed by atoms with Crippen LogP contribution < -0.4 is 14.8 Å². The van der Waals surface area contributed by atoms with E-state index in [0.717, 1.165) is 0 Å². The van der Waals surface area contributed by atoms with E-state index in [-0.39, 0.29) is 5.56 Å². The predicted octanol–water partition coefficient (Wildman–Crippen LogP) is 2.55. The number of rotatable bonds is 3. The van der Waals surface area contributed by atoms with Gasteiger partial charge in [0.05, 0.1) is 5.56 Å². The lowest BCUT2D eigenvalue weighted by Crippen LogP contribution is -2.46. The summed E-state index contributed by atoms with van der Waals surface area (Å²) < 4.78 is 11.4. The quantitative estimate of drug-likeness (QED) is 0.909. The summed E-state index contributed by atoms with van der Waals surface area (Å²) in [7, 11) is 0. The van der Waals surface area contributed by atoms with Crippen LogP contribution in [0.3, 0.4) is 0 Å². The standard InChI is InChI=1S/C17H15NO5/c1-10-15(23-14-8-3-2-7-13(14)22-10)16(19)18-12-6-4-5-11(9-12)17(20)21/h2-10,15H,1H3,(H,18,19)(H,20,21)/t10-,15+/m0/s1. The number of ether oxygens (including phenoxy) is 2. The maximum atomic E-state index is 12.4. The van der Waals surface area contributed by atoms with E-state index < -0.39 is 24.1 Å². The molecule has 23 heavy (non-hydrogen) atoms. The maximum Gasteiger partial charge on any atom is 0.335 e. The van der Waals surface area contributed by atoms with E-state index >= 15 is 0 Å². The van der Waals surface area contributed by atoms with Crippen LogP contribution in [-0.2, 0) is 4.79 Å². The number of amides is 1. The minimum absolute atomic E-state index is 0.0991. The number of aromatic carboxylic acids is 1. The number of carbonyl (C=O) groups excluding carboxylic acids is 1. The van der Waals surface area contributed by atoms with Crippen molar-refractivity contribution in [3.63, 3.8) is 0 Å². The summed E-state index contributed by atoms with van der Waals surface area (Å²) in [5.41, 5.74) is 0.492. The van der Waals surface area contributed by atoms with Crippen molar-refractivity contribution in [2.45, 2.75) is 19.1 Å². The molecule has 2 aromatic carbocycles. The Labute approximate surface area is 132 Å². The van der Waals surface area contributed by atoms with Gasteiger partial charge >= 0.3 is 5.97 Å². The Balaban J connectivity index is 1.76. The van der Waals surface area contributed by atoms with Gasteiger partial charge in [0.2, 0.25) is 6.10 Å². The number of fused-ring (bicyclic) bond motifs is 1. The number of hydrogen-bond acceptors (Lipinski definition) is 4. The second-order valence-corrected chi connectivity index (χ2v) is 5.18. The third-order valence-electron chi connectivity index (χ3n) is 3.48. The molecule has 118 valence electrons. The second kappa shape index (κ2) is 6.00. The van der Waals surface area contributed by atoms with Crippen molar-refractivity contribution in [3.8, 4) is 11.5 Å². The first-order valence-corrected chi connectivity index (χ1v) is 7.11. The number of para-hydroxylation sites is 2. The predicted molar refractivity (Wildman–Crippen MR) is 83.0 cm³/mol. The molecule has 1 aliphatic rings. The average molecular weight is 313 g/mol. The van der Waals surface area contributed by atoms with E-state index in [9.17, 15) is 9.59 Å². The molecule has 3 rings (SSSR count). The first-order valence-electron chi connectivity index (χ1n) is 7.11. The molecule has 0 aliphatic carbocycles. The molecule has 0 spiro atoms. The van der Waals surface area contributed by atoms with Crippen molar-refractivity contribution < 1.29 is 24.2 Å². The van der Waals surface area contributed by atoms with Crippen LogP contribution in [0.2, 0.25) is 0 Å². The number of carboxylic acids is 1. The molecule has 2 atom stereocenters. The van der Waals surface area contributed by atoms with Gasteiger partial charge in [-0.25, -0.2) is 4.79 Å². The van der Waals surface area contributed by atoms with E-state index in [1.807, 2.05) is 6.07 Å². The highest BCUT2D eigenvalue weighted by Crippen LogP contribution is 2.33. The average Bonchev–Trinajstić information content (AvgIpc) is 2.54. The second-order valence-electron chi connectivity index (χ2n) is 5.18. The van der Waals surface area contributed by atoms with Gasteiger partial charge in [0.25, 0.3) is 5.91 Å². The SMILES string of the molecule is C[C@@H]1Oc2ccccc2O[C@H]1C(=O)Nc1cccc(C(=O)O)c1. The van der Waals surface area contributed by atoms with Crippen molar-refractivity contribution >= 4 is 17.6 Å². The molecule has 0 bridgehead atoms. The van der Waals surface area contributed by atoms with E-state index in [0.29, 0.717) is 17.2 Å². The molecular weight excluding hydrogens is 298 g/mol. The van der Waals surface area contributed by atoms with Crippen LogP contribution in [0.15, 0.2) is 48.5 Å². The molecule has 6 heteroatoms. The highest BCUT2D eigenvalue weighted by molar-refractivity contribution is 5.96. The van der Waals surface area contributed by atoms with Crippen molar-refractivity contribution in [2.24, 2.45) is 0 Å². The Morgan fingerprint density at radius 2 is 1.74 bits per heavy atom. The maximum absolute atomic E-state index is 12.4. The zero-order valence-electron chi connectivity index (χ0n) is 12.4. The van der Waals surface area contributed by atoms with Crippen LogP contribution in [0.1, 0.15) is 17.3 Å². The van der Waals surface area contributed by atoms with Crippen molar-refractivity contribution in [1.29, 1.82) is 0 Å². The molecule has 6 nitrogen and oxygen atoms in total. The van der Waals surface area contributed by atoms with E-state index in [2.05, 4.69) is 5.32 Å². The molecule has 0 saturated carbocycles. The molecule has 1 aliphatic heterocycles. The van der Waals surface area contributed by atoms with Crippen LogP contribution in [0.25, 0.3) is 0 Å². The Kier molecular flexibility index (Phi) is 3.89. The largest absolute Gasteiger partial charge is 0.482 e. The Morgan fingerprint density at radius 3 is 2.43 bits per heavy atom. The lowest BCUT2D eigenvalue weighted by molar-refractivity contribution is -0.128. The Bertz CT molecular complexity index is 758. The van der Waals surface area contributed by atoms with Gasteiger partial charge in [-0.05, 0) is 37.3 Å². The number of carboxylic acid groups (broad SMARTS) is 1. The first-order chi connectivity index (χ1) is 11.0. The van der Waals surface area contributed by atoms with Gasteiger partial charge in [-0.15, -0.1) is 0 Å². The highest BCUT2D eigenvalue weighted by Gasteiger charge is 2.34. The fourth-order valence-corrected chi connectivity index (χ4v) is 2.35. The zero-order valence-corrected chi connectivity index (χ0v) is 12.4. The Hall–Kier alpha value is -3.02. The number of hydrogen-bond donors (Lipinski definition) is 2. The summed E-state index contributed by atoms with van der Waals surface area (Å²) in [5, 5.41) is 11.6. The van der Waals surface area contributed by atoms with Gasteiger partial charge in [-0.1, -0.05) is 18.2 Å². The van der Waals surface area contributed by atoms with Crippen LogP contribution in [0, 0.1) is 0 Å². The molecule has 0 saturated heterocycles. The van der Waals surface area contributed by atoms with Crippen LogP contribution in [-0.4, -0.2) is 29.2 Å². The molecule has 0 radical (unpaired) electrons. The fraction of sp³-hybridized carbons (Fsp3) is 0.176. The normalized spacial score (nSPS) is 19.0. The van der Waals surface area contributed by atoms with Crippen molar-refractivity contribution in [1.82, 2.24) is 0 Å². The molecule has 0 fully saturated rings. The summed E-state index contributed by atoms with van der Waals surface area (Å²) >= 11 is 0. The summed E-state index contributed by atoms with van der Waals surface area (Å²) in [4.78, 5) is 23.4. The zero-order chi connectivity index (χ0) is 16.4. The minimum Gasteiger partial charge on any atom is -0.482 e. The number of carbonyl (C=O) groups is 2. The topological polar surface area (TPSA) is 84.9 Å². The molecule has 2 N–H and O–H groups in total. The minimum atomic E-state index is -1.05. The van der Waals surface area contributed by atoms with Crippen LogP contribution in [0.4, 0.5) is 5.69 Å². The number of benzene rings is 2. The molecular formula is C17H15NO5. The van der Waals surface area contributed by atoms with Gasteiger partial charge in [-0.2, -0.15) is 0 Å². The third kappa shape index (κ3) is 3.11. The fourth-order valence-electron chi connectivity index (χ4n) is 2.35.